The number of nitrogens with zero attached hydrogens (tertiary/aromatic N) is 3. The van der Waals surface area contributed by atoms with Crippen LogP contribution in [0, 0.1) is 6.92 Å². The van der Waals surface area contributed by atoms with Gasteiger partial charge in [0.25, 0.3) is 5.56 Å². The van der Waals surface area contributed by atoms with Gasteiger partial charge in [0.05, 0.1) is 0 Å². The van der Waals surface area contributed by atoms with Crippen LogP contribution in [-0.2, 0) is 0 Å². The van der Waals surface area contributed by atoms with Crippen molar-refractivity contribution in [2.24, 2.45) is 0 Å². The van der Waals surface area contributed by atoms with Crippen molar-refractivity contribution in [1.82, 2.24) is 14.9 Å². The Morgan fingerprint density at radius 2 is 1.72 bits per heavy atom. The normalized spacial score (nSPS) is 11.0. The first-order valence-corrected chi connectivity index (χ1v) is 7.93. The summed E-state index contributed by atoms with van der Waals surface area (Å²) in [5, 5.41) is 11.6. The van der Waals surface area contributed by atoms with E-state index in [1.807, 2.05) is 43.3 Å². The molecule has 3 N–H and O–H groups in total. The van der Waals surface area contributed by atoms with Crippen LogP contribution in [-0.4, -0.2) is 14.9 Å². The molecule has 0 spiro atoms. The van der Waals surface area contributed by atoms with E-state index in [1.165, 1.54) is 0 Å². The Balaban J connectivity index is 1.83. The summed E-state index contributed by atoms with van der Waals surface area (Å²) in [6.45, 7) is 1.99. The minimum absolute atomic E-state index is 0.145. The van der Waals surface area contributed by atoms with Crippen LogP contribution < -0.4 is 16.7 Å². The van der Waals surface area contributed by atoms with Crippen LogP contribution in [0.3, 0.4) is 0 Å². The number of benzene rings is 2. The second kappa shape index (κ2) is 7.19. The molecule has 0 bridgehead atoms. The van der Waals surface area contributed by atoms with Gasteiger partial charge >= 0.3 is 0 Å². The summed E-state index contributed by atoms with van der Waals surface area (Å²) in [4.78, 5) is 12.3. The van der Waals surface area contributed by atoms with Crippen molar-refractivity contribution in [3.63, 3.8) is 0 Å². The molecule has 3 aromatic rings. The minimum atomic E-state index is -0.449. The molecule has 126 valence electrons. The molecular formula is C18H16ClN5O. The Morgan fingerprint density at radius 3 is 2.40 bits per heavy atom. The van der Waals surface area contributed by atoms with E-state index in [1.54, 1.807) is 24.3 Å². The molecule has 0 amide bonds. The van der Waals surface area contributed by atoms with Crippen molar-refractivity contribution in [2.45, 2.75) is 6.92 Å². The van der Waals surface area contributed by atoms with Gasteiger partial charge in [-0.1, -0.05) is 47.5 Å². The monoisotopic (exact) mass is 353 g/mol. The molecule has 2 aromatic carbocycles. The quantitative estimate of drug-likeness (QED) is 0.703. The zero-order chi connectivity index (χ0) is 17.8. The van der Waals surface area contributed by atoms with Crippen LogP contribution in [0.25, 0.3) is 12.2 Å². The highest BCUT2D eigenvalue weighted by Crippen LogP contribution is 2.14. The Morgan fingerprint density at radius 1 is 1.04 bits per heavy atom. The predicted octanol–water partition coefficient (Wildman–Crippen LogP) is 3.23. The third-order valence-electron chi connectivity index (χ3n) is 3.53. The zero-order valence-corrected chi connectivity index (χ0v) is 14.2. The molecule has 0 unspecified atom stereocenters. The van der Waals surface area contributed by atoms with Crippen molar-refractivity contribution in [2.75, 3.05) is 11.2 Å². The van der Waals surface area contributed by atoms with Crippen LogP contribution in [0.1, 0.15) is 16.8 Å². The van der Waals surface area contributed by atoms with E-state index in [0.717, 1.165) is 21.5 Å². The Kier molecular flexibility index (Phi) is 4.81. The van der Waals surface area contributed by atoms with Gasteiger partial charge < -0.3 is 11.2 Å². The van der Waals surface area contributed by atoms with Crippen molar-refractivity contribution >= 4 is 35.4 Å². The largest absolute Gasteiger partial charge is 0.333 e. The predicted molar refractivity (Wildman–Crippen MR) is 101 cm³/mol. The molecule has 1 aromatic heterocycles. The number of hydrogen-bond donors (Lipinski definition) is 2. The summed E-state index contributed by atoms with van der Waals surface area (Å²) in [5.41, 5.74) is 2.48. The fourth-order valence-corrected chi connectivity index (χ4v) is 2.24. The average molecular weight is 354 g/mol. The molecule has 25 heavy (non-hydrogen) atoms. The van der Waals surface area contributed by atoms with Crippen LogP contribution >= 0.6 is 11.6 Å². The Hall–Kier alpha value is -3.12. The van der Waals surface area contributed by atoms with Gasteiger partial charge in [0.1, 0.15) is 0 Å². The molecule has 0 radical (unpaired) electrons. The van der Waals surface area contributed by atoms with Gasteiger partial charge in [-0.25, -0.2) is 0 Å². The lowest BCUT2D eigenvalue weighted by molar-refractivity contribution is 0.828. The molecular weight excluding hydrogens is 338 g/mol. The maximum absolute atomic E-state index is 12.3. The van der Waals surface area contributed by atoms with Gasteiger partial charge in [0.2, 0.25) is 5.95 Å². The van der Waals surface area contributed by atoms with E-state index < -0.39 is 5.56 Å². The summed E-state index contributed by atoms with van der Waals surface area (Å²) in [7, 11) is 0. The summed E-state index contributed by atoms with van der Waals surface area (Å²) < 4.78 is 0.939. The second-order valence-corrected chi connectivity index (χ2v) is 5.90. The number of nitrogen functional groups attached to an aromatic ring is 1. The number of aryl methyl sites for hydroxylation is 1. The van der Waals surface area contributed by atoms with Gasteiger partial charge in [-0.05, 0) is 42.8 Å². The van der Waals surface area contributed by atoms with Crippen molar-refractivity contribution in [1.29, 1.82) is 0 Å². The van der Waals surface area contributed by atoms with E-state index in [0.29, 0.717) is 5.02 Å². The minimum Gasteiger partial charge on any atom is -0.333 e. The van der Waals surface area contributed by atoms with Crippen molar-refractivity contribution in [3.8, 4) is 0 Å². The van der Waals surface area contributed by atoms with E-state index in [9.17, 15) is 4.79 Å². The third kappa shape index (κ3) is 4.05. The van der Waals surface area contributed by atoms with Crippen LogP contribution in [0.15, 0.2) is 53.3 Å². The van der Waals surface area contributed by atoms with E-state index >= 15 is 0 Å². The number of rotatable bonds is 4. The van der Waals surface area contributed by atoms with Gasteiger partial charge in [-0.3, -0.25) is 4.79 Å². The smallest absolute Gasteiger partial charge is 0.299 e. The SMILES string of the molecule is Cc1ccc(Nc2nnc(C=Cc3ccc(Cl)cc3)c(=O)n2N)cc1. The topological polar surface area (TPSA) is 85.8 Å². The fraction of sp³-hybridized carbons (Fsp3) is 0.0556. The highest BCUT2D eigenvalue weighted by atomic mass is 35.5. The maximum atomic E-state index is 12.3. The molecule has 6 nitrogen and oxygen atoms in total. The maximum Gasteiger partial charge on any atom is 0.299 e. The number of hydrogen-bond acceptors (Lipinski definition) is 5. The summed E-state index contributed by atoms with van der Waals surface area (Å²) in [6, 6.07) is 14.8. The molecule has 0 saturated heterocycles. The fourth-order valence-electron chi connectivity index (χ4n) is 2.12. The average Bonchev–Trinajstić information content (AvgIpc) is 2.61. The molecule has 0 saturated carbocycles. The van der Waals surface area contributed by atoms with Crippen LogP contribution in [0.2, 0.25) is 5.02 Å². The Labute approximate surface area is 149 Å². The van der Waals surface area contributed by atoms with Crippen molar-refractivity contribution in [3.05, 3.63) is 80.7 Å². The van der Waals surface area contributed by atoms with Crippen molar-refractivity contribution < 1.29 is 0 Å². The lowest BCUT2D eigenvalue weighted by Gasteiger charge is -2.09. The summed E-state index contributed by atoms with van der Waals surface area (Å²) in [6.07, 6.45) is 3.31. The number of halogens is 1. The van der Waals surface area contributed by atoms with Gasteiger partial charge in [-0.15, -0.1) is 10.2 Å². The first-order chi connectivity index (χ1) is 12.0. The molecule has 0 fully saturated rings. The van der Waals surface area contributed by atoms with Gasteiger partial charge in [0.15, 0.2) is 5.69 Å². The van der Waals surface area contributed by atoms with E-state index in [-0.39, 0.29) is 11.6 Å². The molecule has 7 heteroatoms. The third-order valence-corrected chi connectivity index (χ3v) is 3.78. The molecule has 0 aliphatic rings. The molecule has 0 atom stereocenters. The number of nitrogens with two attached hydrogens (primary N) is 1. The second-order valence-electron chi connectivity index (χ2n) is 5.46. The van der Waals surface area contributed by atoms with Crippen LogP contribution in [0.4, 0.5) is 11.6 Å². The van der Waals surface area contributed by atoms with Gasteiger partial charge in [0, 0.05) is 10.7 Å². The Bertz CT molecular complexity index is 962. The number of aromatic nitrogens is 3. The zero-order valence-electron chi connectivity index (χ0n) is 13.5. The number of anilines is 2. The summed E-state index contributed by atoms with van der Waals surface area (Å²) in [5.74, 6) is 6.00. The van der Waals surface area contributed by atoms with E-state index in [4.69, 9.17) is 17.4 Å². The van der Waals surface area contributed by atoms with E-state index in [2.05, 4.69) is 15.5 Å². The van der Waals surface area contributed by atoms with Crippen LogP contribution in [0.5, 0.6) is 0 Å². The molecule has 3 rings (SSSR count). The highest BCUT2D eigenvalue weighted by molar-refractivity contribution is 6.30. The lowest BCUT2D eigenvalue weighted by Crippen LogP contribution is -2.32. The standard InChI is InChI=1S/C18H16ClN5O/c1-12-2-9-15(10-3-12)21-18-23-22-16(17(25)24(18)20)11-6-13-4-7-14(19)8-5-13/h2-11H,20H2,1H3,(H,21,23). The highest BCUT2D eigenvalue weighted by Gasteiger charge is 2.08. The molecule has 1 heterocycles. The van der Waals surface area contributed by atoms with Gasteiger partial charge in [-0.2, -0.15) is 4.68 Å². The summed E-state index contributed by atoms with van der Waals surface area (Å²) >= 11 is 5.84. The molecule has 0 aliphatic heterocycles. The first kappa shape index (κ1) is 16.7. The molecule has 0 aliphatic carbocycles. The lowest BCUT2D eigenvalue weighted by atomic mass is 10.2. The number of nitrogens with one attached hydrogen (secondary N) is 1. The first-order valence-electron chi connectivity index (χ1n) is 7.55.